The SMILES string of the molecule is C#CCOc1c(Br)cc(/C=C(/C#N)C(=O)N[C@@H](C)c2ccccc2)cc1Br. The van der Waals surface area contributed by atoms with E-state index in [4.69, 9.17) is 11.2 Å². The number of nitrogens with one attached hydrogen (secondary N) is 1. The lowest BCUT2D eigenvalue weighted by molar-refractivity contribution is -0.117. The number of amides is 1. The quantitative estimate of drug-likeness (QED) is 0.354. The van der Waals surface area contributed by atoms with Crippen LogP contribution in [0.15, 0.2) is 57.0 Å². The van der Waals surface area contributed by atoms with E-state index in [-0.39, 0.29) is 18.2 Å². The van der Waals surface area contributed by atoms with Gasteiger partial charge < -0.3 is 10.1 Å². The molecule has 6 heteroatoms. The van der Waals surface area contributed by atoms with Crippen LogP contribution in [-0.2, 0) is 4.79 Å². The van der Waals surface area contributed by atoms with Gasteiger partial charge in [-0.05, 0) is 68.1 Å². The summed E-state index contributed by atoms with van der Waals surface area (Å²) in [7, 11) is 0. The van der Waals surface area contributed by atoms with Crippen LogP contribution in [0.2, 0.25) is 0 Å². The summed E-state index contributed by atoms with van der Waals surface area (Å²) < 4.78 is 6.78. The van der Waals surface area contributed by atoms with Gasteiger partial charge in [0.05, 0.1) is 15.0 Å². The molecule has 0 saturated carbocycles. The second-order valence-corrected chi connectivity index (χ2v) is 7.29. The summed E-state index contributed by atoms with van der Waals surface area (Å²) in [6.07, 6.45) is 6.73. The number of nitriles is 1. The predicted molar refractivity (Wildman–Crippen MR) is 113 cm³/mol. The minimum absolute atomic E-state index is 0.00822. The summed E-state index contributed by atoms with van der Waals surface area (Å²) in [6.45, 7) is 2.00. The third-order valence-corrected chi connectivity index (χ3v) is 4.82. The number of rotatable bonds is 6. The smallest absolute Gasteiger partial charge is 0.262 e. The van der Waals surface area contributed by atoms with E-state index >= 15 is 0 Å². The maximum absolute atomic E-state index is 12.5. The summed E-state index contributed by atoms with van der Waals surface area (Å²) in [5, 5.41) is 12.2. The Kier molecular flexibility index (Phi) is 7.67. The van der Waals surface area contributed by atoms with Crippen molar-refractivity contribution in [2.45, 2.75) is 13.0 Å². The molecule has 0 aliphatic rings. The molecule has 0 aromatic heterocycles. The van der Waals surface area contributed by atoms with Crippen molar-refractivity contribution >= 4 is 43.8 Å². The number of carbonyl (C=O) groups excluding carboxylic acids is 1. The first-order valence-electron chi connectivity index (χ1n) is 7.99. The average molecular weight is 488 g/mol. The largest absolute Gasteiger partial charge is 0.479 e. The lowest BCUT2D eigenvalue weighted by Gasteiger charge is -2.14. The number of benzene rings is 2. The maximum atomic E-state index is 12.5. The van der Waals surface area contributed by atoms with Crippen LogP contribution in [0.3, 0.4) is 0 Å². The molecule has 0 aliphatic carbocycles. The Morgan fingerprint density at radius 2 is 1.93 bits per heavy atom. The fraction of sp³-hybridized carbons (Fsp3) is 0.143. The van der Waals surface area contributed by atoms with Crippen LogP contribution >= 0.6 is 31.9 Å². The highest BCUT2D eigenvalue weighted by atomic mass is 79.9. The zero-order chi connectivity index (χ0) is 19.8. The van der Waals surface area contributed by atoms with Crippen molar-refractivity contribution in [3.05, 3.63) is 68.1 Å². The van der Waals surface area contributed by atoms with Crippen molar-refractivity contribution in [3.63, 3.8) is 0 Å². The highest BCUT2D eigenvalue weighted by molar-refractivity contribution is 9.11. The molecule has 27 heavy (non-hydrogen) atoms. The molecule has 0 spiro atoms. The molecule has 0 saturated heterocycles. The third kappa shape index (κ3) is 5.72. The Bertz CT molecular complexity index is 918. The first-order chi connectivity index (χ1) is 13.0. The van der Waals surface area contributed by atoms with Gasteiger partial charge in [-0.15, -0.1) is 6.42 Å². The zero-order valence-corrected chi connectivity index (χ0v) is 17.7. The van der Waals surface area contributed by atoms with Gasteiger partial charge in [-0.2, -0.15) is 5.26 Å². The van der Waals surface area contributed by atoms with Crippen LogP contribution in [0, 0.1) is 23.7 Å². The van der Waals surface area contributed by atoms with Crippen LogP contribution < -0.4 is 10.1 Å². The molecule has 2 aromatic rings. The van der Waals surface area contributed by atoms with Crippen LogP contribution in [0.4, 0.5) is 0 Å². The van der Waals surface area contributed by atoms with Crippen molar-refractivity contribution in [1.82, 2.24) is 5.32 Å². The van der Waals surface area contributed by atoms with Crippen molar-refractivity contribution in [1.29, 1.82) is 5.26 Å². The highest BCUT2D eigenvalue weighted by Crippen LogP contribution is 2.35. The van der Waals surface area contributed by atoms with E-state index in [1.807, 2.05) is 43.3 Å². The van der Waals surface area contributed by atoms with E-state index in [2.05, 4.69) is 43.1 Å². The second kappa shape index (κ2) is 9.97. The topological polar surface area (TPSA) is 62.1 Å². The minimum Gasteiger partial charge on any atom is -0.479 e. The highest BCUT2D eigenvalue weighted by Gasteiger charge is 2.15. The molecule has 1 N–H and O–H groups in total. The number of ether oxygens (including phenoxy) is 1. The molecular weight excluding hydrogens is 472 g/mol. The Morgan fingerprint density at radius 1 is 1.30 bits per heavy atom. The second-order valence-electron chi connectivity index (χ2n) is 5.58. The first-order valence-corrected chi connectivity index (χ1v) is 9.57. The predicted octanol–water partition coefficient (Wildman–Crippen LogP) is 5.01. The van der Waals surface area contributed by atoms with Gasteiger partial charge in [0.2, 0.25) is 0 Å². The summed E-state index contributed by atoms with van der Waals surface area (Å²) in [5.41, 5.74) is 1.64. The normalized spacial score (nSPS) is 11.8. The molecule has 0 radical (unpaired) electrons. The molecule has 2 aromatic carbocycles. The molecule has 0 heterocycles. The lowest BCUT2D eigenvalue weighted by Crippen LogP contribution is -2.27. The summed E-state index contributed by atoms with van der Waals surface area (Å²) in [4.78, 5) is 12.5. The van der Waals surface area contributed by atoms with Gasteiger partial charge in [0.25, 0.3) is 5.91 Å². The third-order valence-electron chi connectivity index (χ3n) is 3.64. The summed E-state index contributed by atoms with van der Waals surface area (Å²) >= 11 is 6.82. The van der Waals surface area contributed by atoms with E-state index in [0.29, 0.717) is 20.3 Å². The molecular formula is C21H16Br2N2O2. The van der Waals surface area contributed by atoms with Gasteiger partial charge >= 0.3 is 0 Å². The molecule has 0 aliphatic heterocycles. The van der Waals surface area contributed by atoms with Crippen LogP contribution in [0.5, 0.6) is 5.75 Å². The van der Waals surface area contributed by atoms with Crippen molar-refractivity contribution in [3.8, 4) is 24.2 Å². The van der Waals surface area contributed by atoms with Crippen LogP contribution in [0.1, 0.15) is 24.1 Å². The van der Waals surface area contributed by atoms with Gasteiger partial charge in [0, 0.05) is 0 Å². The molecule has 0 fully saturated rings. The molecule has 0 bridgehead atoms. The molecule has 0 unspecified atom stereocenters. The number of carbonyl (C=O) groups is 1. The molecule has 136 valence electrons. The fourth-order valence-electron chi connectivity index (χ4n) is 2.33. The van der Waals surface area contributed by atoms with Crippen molar-refractivity contribution in [2.24, 2.45) is 0 Å². The number of hydrogen-bond acceptors (Lipinski definition) is 3. The van der Waals surface area contributed by atoms with Gasteiger partial charge in [-0.25, -0.2) is 0 Å². The molecule has 1 amide bonds. The summed E-state index contributed by atoms with van der Waals surface area (Å²) in [6, 6.07) is 14.8. The van der Waals surface area contributed by atoms with Crippen LogP contribution in [0.25, 0.3) is 6.08 Å². The standard InChI is InChI=1S/C21H16Br2N2O2/c1-3-9-27-20-18(22)11-15(12-19(20)23)10-17(13-24)21(26)25-14(2)16-7-5-4-6-8-16/h1,4-8,10-12,14H,9H2,2H3,(H,25,26)/b17-10-/t14-/m0/s1. The summed E-state index contributed by atoms with van der Waals surface area (Å²) in [5.74, 6) is 2.53. The van der Waals surface area contributed by atoms with Gasteiger partial charge in [-0.3, -0.25) is 4.79 Å². The fourth-order valence-corrected chi connectivity index (χ4v) is 3.78. The molecule has 2 rings (SSSR count). The number of terminal acetylenes is 1. The van der Waals surface area contributed by atoms with E-state index in [9.17, 15) is 10.1 Å². The minimum atomic E-state index is -0.436. The van der Waals surface area contributed by atoms with E-state index in [1.165, 1.54) is 6.08 Å². The van der Waals surface area contributed by atoms with Crippen molar-refractivity contribution in [2.75, 3.05) is 6.61 Å². The van der Waals surface area contributed by atoms with E-state index in [1.54, 1.807) is 12.1 Å². The molecule has 4 nitrogen and oxygen atoms in total. The number of hydrogen-bond donors (Lipinski definition) is 1. The Labute approximate surface area is 175 Å². The Morgan fingerprint density at radius 3 is 2.48 bits per heavy atom. The zero-order valence-electron chi connectivity index (χ0n) is 14.5. The first kappa shape index (κ1) is 20.8. The van der Waals surface area contributed by atoms with E-state index < -0.39 is 5.91 Å². The Balaban J connectivity index is 2.21. The van der Waals surface area contributed by atoms with E-state index in [0.717, 1.165) is 5.56 Å². The molecule has 1 atom stereocenters. The van der Waals surface area contributed by atoms with Gasteiger partial charge in [-0.1, -0.05) is 36.3 Å². The van der Waals surface area contributed by atoms with Crippen LogP contribution in [-0.4, -0.2) is 12.5 Å². The average Bonchev–Trinajstić information content (AvgIpc) is 2.66. The monoisotopic (exact) mass is 486 g/mol. The number of nitrogens with zero attached hydrogens (tertiary/aromatic N) is 1. The Hall–Kier alpha value is -2.54. The van der Waals surface area contributed by atoms with Crippen molar-refractivity contribution < 1.29 is 9.53 Å². The van der Waals surface area contributed by atoms with Gasteiger partial charge in [0.1, 0.15) is 24.0 Å². The number of halogens is 2. The lowest BCUT2D eigenvalue weighted by atomic mass is 10.1. The maximum Gasteiger partial charge on any atom is 0.262 e. The van der Waals surface area contributed by atoms with Gasteiger partial charge in [0.15, 0.2) is 0 Å².